The lowest BCUT2D eigenvalue weighted by Crippen LogP contribution is -2.70. The number of halogens is 3. The van der Waals surface area contributed by atoms with Crippen molar-refractivity contribution in [2.75, 3.05) is 0 Å². The van der Waals surface area contributed by atoms with Crippen molar-refractivity contribution in [3.63, 3.8) is 0 Å². The van der Waals surface area contributed by atoms with E-state index in [0.717, 1.165) is 38.5 Å². The van der Waals surface area contributed by atoms with Crippen molar-refractivity contribution in [3.8, 4) is 0 Å². The van der Waals surface area contributed by atoms with Crippen molar-refractivity contribution < 1.29 is 0 Å². The van der Waals surface area contributed by atoms with Crippen LogP contribution in [0.1, 0.15) is 77.0 Å². The third kappa shape index (κ3) is 4.99. The topological polar surface area (TPSA) is 9.72 Å². The lowest BCUT2D eigenvalue weighted by molar-refractivity contribution is 0.258. The first kappa shape index (κ1) is 21.2. The van der Waals surface area contributed by atoms with Crippen LogP contribution in [-0.2, 0) is 0 Å². The first-order valence-corrected chi connectivity index (χ1v) is 12.2. The monoisotopic (exact) mass is 426 g/mol. The van der Waals surface area contributed by atoms with Gasteiger partial charge in [-0.2, -0.15) is 0 Å². The molecular formula is C18H30B3Cl3N3. The molecule has 3 radical (unpaired) electrons. The summed E-state index contributed by atoms with van der Waals surface area (Å²) in [5.74, 6) is 0. The molecule has 0 spiro atoms. The van der Waals surface area contributed by atoms with Crippen LogP contribution in [0.2, 0.25) is 0 Å². The molecule has 1 saturated heterocycles. The molecule has 4 fully saturated rings. The van der Waals surface area contributed by atoms with E-state index >= 15 is 0 Å². The SMILES string of the molecule is ClC1CCCCC1N1[B]N(C2CCCCC2Cl)[B]N(C2CCCCC2Cl)[B]1. The highest BCUT2D eigenvalue weighted by Gasteiger charge is 2.43. The molecule has 1 heterocycles. The highest BCUT2D eigenvalue weighted by Crippen LogP contribution is 2.33. The molecule has 4 aliphatic rings. The summed E-state index contributed by atoms with van der Waals surface area (Å²) < 4.78 is 7.15. The summed E-state index contributed by atoms with van der Waals surface area (Å²) in [5, 5.41) is 0.637. The largest absolute Gasteiger partial charge is 0.361 e. The molecule has 147 valence electrons. The molecule has 9 heteroatoms. The van der Waals surface area contributed by atoms with Crippen LogP contribution in [0.25, 0.3) is 0 Å². The second-order valence-corrected chi connectivity index (χ2v) is 10.5. The molecular weight excluding hydrogens is 397 g/mol. The molecule has 0 aromatic heterocycles. The third-order valence-corrected chi connectivity index (χ3v) is 8.42. The van der Waals surface area contributed by atoms with Crippen molar-refractivity contribution in [1.82, 2.24) is 14.2 Å². The molecule has 27 heavy (non-hydrogen) atoms. The van der Waals surface area contributed by atoms with E-state index < -0.39 is 0 Å². The quantitative estimate of drug-likeness (QED) is 0.495. The van der Waals surface area contributed by atoms with Crippen molar-refractivity contribution in [1.29, 1.82) is 0 Å². The Kier molecular flexibility index (Phi) is 7.72. The van der Waals surface area contributed by atoms with E-state index in [4.69, 9.17) is 34.8 Å². The van der Waals surface area contributed by atoms with Crippen LogP contribution in [0, 0.1) is 0 Å². The van der Waals surface area contributed by atoms with E-state index in [0.29, 0.717) is 18.1 Å². The number of rotatable bonds is 3. The van der Waals surface area contributed by atoms with Gasteiger partial charge in [-0.15, -0.1) is 34.8 Å². The fraction of sp³-hybridized carbons (Fsp3) is 1.00. The van der Waals surface area contributed by atoms with Gasteiger partial charge >= 0.3 is 0 Å². The van der Waals surface area contributed by atoms with Crippen LogP contribution in [0.15, 0.2) is 0 Å². The molecule has 0 N–H and O–H groups in total. The van der Waals surface area contributed by atoms with Gasteiger partial charge in [0.1, 0.15) is 0 Å². The van der Waals surface area contributed by atoms with Crippen LogP contribution in [0.4, 0.5) is 0 Å². The third-order valence-electron chi connectivity index (χ3n) is 6.89. The van der Waals surface area contributed by atoms with Gasteiger partial charge in [0.2, 0.25) is 0 Å². The second-order valence-electron chi connectivity index (χ2n) is 8.79. The smallest absolute Gasteiger partial charge is 0.290 e. The molecule has 6 atom stereocenters. The Bertz CT molecular complexity index is 419. The number of hydrogen-bond acceptors (Lipinski definition) is 3. The Morgan fingerprint density at radius 2 is 0.704 bits per heavy atom. The number of nitrogens with zero attached hydrogens (tertiary/aromatic N) is 3. The Morgan fingerprint density at radius 3 is 0.963 bits per heavy atom. The summed E-state index contributed by atoms with van der Waals surface area (Å²) >= 11 is 20.3. The molecule has 6 unspecified atom stereocenters. The Morgan fingerprint density at radius 1 is 0.444 bits per heavy atom. The minimum Gasteiger partial charge on any atom is -0.361 e. The normalized spacial score (nSPS) is 42.8. The summed E-state index contributed by atoms with van der Waals surface area (Å²) in [5.41, 5.74) is 0. The zero-order valence-electron chi connectivity index (χ0n) is 16.2. The van der Waals surface area contributed by atoms with Crippen LogP contribution in [0.5, 0.6) is 0 Å². The van der Waals surface area contributed by atoms with Crippen molar-refractivity contribution in [2.24, 2.45) is 0 Å². The fourth-order valence-electron chi connectivity index (χ4n) is 5.27. The van der Waals surface area contributed by atoms with Gasteiger partial charge in [-0.25, -0.2) is 0 Å². The van der Waals surface area contributed by atoms with Gasteiger partial charge < -0.3 is 14.2 Å². The molecule has 0 bridgehead atoms. The van der Waals surface area contributed by atoms with Gasteiger partial charge in [0.15, 0.2) is 0 Å². The summed E-state index contributed by atoms with van der Waals surface area (Å²) in [6, 6.07) is 1.11. The number of hydrogen-bond donors (Lipinski definition) is 0. The molecule has 1 aliphatic heterocycles. The summed E-state index contributed by atoms with van der Waals surface area (Å²) in [6.45, 7) is 0. The van der Waals surface area contributed by atoms with Crippen molar-refractivity contribution in [2.45, 2.75) is 111 Å². The summed E-state index contributed by atoms with van der Waals surface area (Å²) in [6.07, 6.45) is 14.3. The van der Waals surface area contributed by atoms with E-state index in [2.05, 4.69) is 36.8 Å². The highest BCUT2D eigenvalue weighted by atomic mass is 35.5. The van der Waals surface area contributed by atoms with Gasteiger partial charge in [-0.05, 0) is 38.5 Å². The van der Waals surface area contributed by atoms with E-state index in [1.54, 1.807) is 0 Å². The maximum atomic E-state index is 6.76. The minimum absolute atomic E-state index is 0.212. The van der Waals surface area contributed by atoms with E-state index in [1.165, 1.54) is 38.5 Å². The van der Waals surface area contributed by atoms with Gasteiger partial charge in [0.25, 0.3) is 22.6 Å². The van der Waals surface area contributed by atoms with Gasteiger partial charge in [-0.1, -0.05) is 38.5 Å². The first-order valence-electron chi connectivity index (χ1n) is 10.9. The molecule has 0 aromatic rings. The van der Waals surface area contributed by atoms with Crippen LogP contribution in [0.3, 0.4) is 0 Å². The highest BCUT2D eigenvalue weighted by molar-refractivity contribution is 6.65. The Hall–Kier alpha value is 0.945. The lowest BCUT2D eigenvalue weighted by atomic mass is 9.66. The molecule has 3 aliphatic carbocycles. The first-order chi connectivity index (χ1) is 13.1. The summed E-state index contributed by atoms with van der Waals surface area (Å²) in [7, 11) is 6.83. The molecule has 4 rings (SSSR count). The molecule has 0 aromatic carbocycles. The number of alkyl halides is 3. The van der Waals surface area contributed by atoms with E-state index in [9.17, 15) is 0 Å². The summed E-state index contributed by atoms with van der Waals surface area (Å²) in [4.78, 5) is 0. The van der Waals surface area contributed by atoms with Gasteiger partial charge in [0.05, 0.1) is 0 Å². The minimum atomic E-state index is 0.212. The van der Waals surface area contributed by atoms with Gasteiger partial charge in [0, 0.05) is 34.3 Å². The van der Waals surface area contributed by atoms with Crippen LogP contribution >= 0.6 is 34.8 Å². The van der Waals surface area contributed by atoms with Gasteiger partial charge in [-0.3, -0.25) is 0 Å². The fourth-order valence-corrected chi connectivity index (χ4v) is 6.50. The second kappa shape index (κ2) is 9.83. The zero-order chi connectivity index (χ0) is 18.8. The average molecular weight is 427 g/mol. The zero-order valence-corrected chi connectivity index (χ0v) is 18.4. The van der Waals surface area contributed by atoms with E-state index in [-0.39, 0.29) is 16.1 Å². The standard InChI is InChI=1S/C18H30B3Cl3N3/c22-13-7-1-4-10-16(13)25-19-26(17-11-5-2-8-14(17)23)21-27(20-25)18-12-6-3-9-15(18)24/h13-18H,1-12H2. The maximum absolute atomic E-state index is 6.76. The Balaban J connectivity index is 1.52. The van der Waals surface area contributed by atoms with Crippen LogP contribution in [-0.4, -0.2) is 71.1 Å². The predicted molar refractivity (Wildman–Crippen MR) is 118 cm³/mol. The van der Waals surface area contributed by atoms with E-state index in [1.807, 2.05) is 0 Å². The maximum Gasteiger partial charge on any atom is 0.290 e. The predicted octanol–water partition coefficient (Wildman–Crippen LogP) is 4.16. The van der Waals surface area contributed by atoms with Crippen molar-refractivity contribution >= 4 is 57.5 Å². The molecule has 0 amide bonds. The average Bonchev–Trinajstić information content (AvgIpc) is 2.69. The molecule has 3 saturated carbocycles. The van der Waals surface area contributed by atoms with Crippen molar-refractivity contribution in [3.05, 3.63) is 0 Å². The molecule has 3 nitrogen and oxygen atoms in total. The lowest BCUT2D eigenvalue weighted by Gasteiger charge is -2.52. The van der Waals surface area contributed by atoms with Crippen LogP contribution < -0.4 is 0 Å². The Labute approximate surface area is 182 Å².